The summed E-state index contributed by atoms with van der Waals surface area (Å²) in [5.74, 6) is 0.460. The zero-order chi connectivity index (χ0) is 21.8. The third-order valence-electron chi connectivity index (χ3n) is 7.12. The van der Waals surface area contributed by atoms with Crippen LogP contribution in [-0.2, 0) is 20.2 Å². The first-order chi connectivity index (χ1) is 14.2. The summed E-state index contributed by atoms with van der Waals surface area (Å²) in [6.07, 6.45) is 9.90. The molecule has 0 bridgehead atoms. The van der Waals surface area contributed by atoms with Crippen molar-refractivity contribution in [3.63, 3.8) is 0 Å². The van der Waals surface area contributed by atoms with Crippen LogP contribution in [0.3, 0.4) is 0 Å². The molecule has 0 spiro atoms. The number of hydrogen-bond acceptors (Lipinski definition) is 3. The summed E-state index contributed by atoms with van der Waals surface area (Å²) in [5, 5.41) is 0. The summed E-state index contributed by atoms with van der Waals surface area (Å²) >= 11 is 0. The highest BCUT2D eigenvalue weighted by Gasteiger charge is 2.42. The first kappa shape index (κ1) is 23.2. The van der Waals surface area contributed by atoms with E-state index < -0.39 is 10.0 Å². The van der Waals surface area contributed by atoms with Gasteiger partial charge >= 0.3 is 0 Å². The highest BCUT2D eigenvalue weighted by Crippen LogP contribution is 2.42. The average Bonchev–Trinajstić information content (AvgIpc) is 2.71. The third kappa shape index (κ3) is 5.82. The van der Waals surface area contributed by atoms with Crippen LogP contribution < -0.4 is 4.72 Å². The van der Waals surface area contributed by atoms with Crippen LogP contribution in [0, 0.1) is 11.7 Å². The first-order valence-electron chi connectivity index (χ1n) is 11.2. The summed E-state index contributed by atoms with van der Waals surface area (Å²) in [6.45, 7) is 3.24. The fourth-order valence-electron chi connectivity index (χ4n) is 5.33. The number of piperidine rings is 1. The van der Waals surface area contributed by atoms with Crippen LogP contribution in [0.1, 0.15) is 70.3 Å². The van der Waals surface area contributed by atoms with Crippen LogP contribution in [0.2, 0.25) is 0 Å². The molecule has 2 fully saturated rings. The van der Waals surface area contributed by atoms with Crippen molar-refractivity contribution < 1.29 is 17.6 Å². The molecule has 1 aliphatic heterocycles. The molecule has 1 aromatic carbocycles. The molecule has 0 radical (unpaired) electrons. The molecular formula is C23H35FN2O3S. The average molecular weight is 439 g/mol. The minimum Gasteiger partial charge on any atom is -0.340 e. The number of hydrogen-bond donors (Lipinski definition) is 1. The van der Waals surface area contributed by atoms with Crippen molar-refractivity contribution in [1.82, 2.24) is 9.62 Å². The molecule has 1 aliphatic carbocycles. The van der Waals surface area contributed by atoms with Crippen LogP contribution in [0.4, 0.5) is 4.39 Å². The van der Waals surface area contributed by atoms with Crippen LogP contribution >= 0.6 is 0 Å². The Hall–Kier alpha value is -1.47. The number of nitrogens with zero attached hydrogens (tertiary/aromatic N) is 1. The molecule has 1 saturated heterocycles. The van der Waals surface area contributed by atoms with E-state index in [1.165, 1.54) is 44.2 Å². The standard InChI is InChI=1S/C23H35FN2O3S/c1-18(19-7-4-3-5-8-19)26-16-14-23(17-22(26)27,13-6-15-25-30(2,28)29)20-9-11-21(24)12-10-20/h9-12,18-19,25H,3-8,13-17H2,1-2H3/t18-,23-/m0/s1. The molecule has 1 amide bonds. The molecular weight excluding hydrogens is 403 g/mol. The molecule has 1 aromatic rings. The van der Waals surface area contributed by atoms with E-state index in [9.17, 15) is 17.6 Å². The Morgan fingerprint density at radius 1 is 1.20 bits per heavy atom. The quantitative estimate of drug-likeness (QED) is 0.624. The molecule has 2 atom stereocenters. The smallest absolute Gasteiger partial charge is 0.223 e. The number of amides is 1. The Morgan fingerprint density at radius 3 is 2.47 bits per heavy atom. The van der Waals surface area contributed by atoms with Crippen molar-refractivity contribution in [3.8, 4) is 0 Å². The molecule has 0 aromatic heterocycles. The molecule has 168 valence electrons. The Morgan fingerprint density at radius 2 is 1.87 bits per heavy atom. The topological polar surface area (TPSA) is 66.5 Å². The monoisotopic (exact) mass is 438 g/mol. The summed E-state index contributed by atoms with van der Waals surface area (Å²) < 4.78 is 38.8. The zero-order valence-corrected chi connectivity index (χ0v) is 19.0. The predicted molar refractivity (Wildman–Crippen MR) is 117 cm³/mol. The van der Waals surface area contributed by atoms with Gasteiger partial charge in [-0.05, 0) is 62.6 Å². The van der Waals surface area contributed by atoms with E-state index in [-0.39, 0.29) is 23.2 Å². The number of sulfonamides is 1. The number of rotatable bonds is 8. The molecule has 3 rings (SSSR count). The summed E-state index contributed by atoms with van der Waals surface area (Å²) in [6, 6.07) is 6.73. The minimum absolute atomic E-state index is 0.166. The van der Waals surface area contributed by atoms with Gasteiger partial charge in [-0.25, -0.2) is 17.5 Å². The second-order valence-electron chi connectivity index (χ2n) is 9.21. The van der Waals surface area contributed by atoms with Crippen molar-refractivity contribution in [3.05, 3.63) is 35.6 Å². The Bertz CT molecular complexity index is 821. The van der Waals surface area contributed by atoms with E-state index in [2.05, 4.69) is 16.5 Å². The number of benzene rings is 1. The largest absolute Gasteiger partial charge is 0.340 e. The maximum atomic E-state index is 13.5. The van der Waals surface area contributed by atoms with Crippen molar-refractivity contribution in [2.75, 3.05) is 19.3 Å². The lowest BCUT2D eigenvalue weighted by Crippen LogP contribution is -2.52. The Labute approximate surface area is 180 Å². The van der Waals surface area contributed by atoms with E-state index in [4.69, 9.17) is 0 Å². The van der Waals surface area contributed by atoms with Crippen molar-refractivity contribution in [2.45, 2.75) is 76.2 Å². The highest BCUT2D eigenvalue weighted by atomic mass is 32.2. The third-order valence-corrected chi connectivity index (χ3v) is 7.85. The van der Waals surface area contributed by atoms with Gasteiger partial charge in [0.05, 0.1) is 6.26 Å². The van der Waals surface area contributed by atoms with Crippen molar-refractivity contribution in [1.29, 1.82) is 0 Å². The minimum atomic E-state index is -3.24. The zero-order valence-electron chi connectivity index (χ0n) is 18.2. The molecule has 2 aliphatic rings. The van der Waals surface area contributed by atoms with Crippen LogP contribution in [-0.4, -0.2) is 44.6 Å². The number of halogens is 1. The van der Waals surface area contributed by atoms with Gasteiger partial charge in [-0.2, -0.15) is 0 Å². The molecule has 1 heterocycles. The Kier molecular flexibility index (Phi) is 7.56. The maximum absolute atomic E-state index is 13.5. The van der Waals surface area contributed by atoms with Gasteiger partial charge in [0.1, 0.15) is 5.82 Å². The van der Waals surface area contributed by atoms with Gasteiger partial charge in [-0.3, -0.25) is 4.79 Å². The lowest BCUT2D eigenvalue weighted by molar-refractivity contribution is -0.140. The van der Waals surface area contributed by atoms with E-state index >= 15 is 0 Å². The number of carbonyl (C=O) groups excluding carboxylic acids is 1. The number of carbonyl (C=O) groups is 1. The molecule has 5 nitrogen and oxygen atoms in total. The highest BCUT2D eigenvalue weighted by molar-refractivity contribution is 7.88. The van der Waals surface area contributed by atoms with E-state index in [1.807, 2.05) is 0 Å². The van der Waals surface area contributed by atoms with Crippen molar-refractivity contribution in [2.24, 2.45) is 5.92 Å². The number of nitrogens with one attached hydrogen (secondary N) is 1. The fraction of sp³-hybridized carbons (Fsp3) is 0.696. The lowest BCUT2D eigenvalue weighted by Gasteiger charge is -2.46. The van der Waals surface area contributed by atoms with Gasteiger partial charge in [-0.1, -0.05) is 31.4 Å². The van der Waals surface area contributed by atoms with E-state index in [1.54, 1.807) is 12.1 Å². The number of likely N-dealkylation sites (tertiary alicyclic amines) is 1. The molecule has 0 unspecified atom stereocenters. The molecule has 1 saturated carbocycles. The van der Waals surface area contributed by atoms with Gasteiger partial charge in [0, 0.05) is 31.0 Å². The Balaban J connectivity index is 1.73. The maximum Gasteiger partial charge on any atom is 0.223 e. The lowest BCUT2D eigenvalue weighted by atomic mass is 9.69. The molecule has 1 N–H and O–H groups in total. The van der Waals surface area contributed by atoms with Crippen LogP contribution in [0.25, 0.3) is 0 Å². The van der Waals surface area contributed by atoms with Crippen LogP contribution in [0.15, 0.2) is 24.3 Å². The van der Waals surface area contributed by atoms with E-state index in [0.29, 0.717) is 38.3 Å². The second kappa shape index (κ2) is 9.77. The normalized spacial score (nSPS) is 24.8. The SMILES string of the molecule is C[C@@H](C1CCCCC1)N1CC[C@](CCCNS(C)(=O)=O)(c2ccc(F)cc2)CC1=O. The van der Waals surface area contributed by atoms with Gasteiger partial charge in [0.25, 0.3) is 0 Å². The summed E-state index contributed by atoms with van der Waals surface area (Å²) in [4.78, 5) is 15.3. The van der Waals surface area contributed by atoms with Gasteiger partial charge in [0.15, 0.2) is 0 Å². The molecule has 7 heteroatoms. The predicted octanol–water partition coefficient (Wildman–Crippen LogP) is 3.98. The van der Waals surface area contributed by atoms with Gasteiger partial charge < -0.3 is 4.90 Å². The molecule has 30 heavy (non-hydrogen) atoms. The second-order valence-corrected chi connectivity index (χ2v) is 11.0. The first-order valence-corrected chi connectivity index (χ1v) is 13.1. The van der Waals surface area contributed by atoms with Crippen molar-refractivity contribution >= 4 is 15.9 Å². The summed E-state index contributed by atoms with van der Waals surface area (Å²) in [5.41, 5.74) is 0.605. The summed E-state index contributed by atoms with van der Waals surface area (Å²) in [7, 11) is -3.24. The van der Waals surface area contributed by atoms with E-state index in [0.717, 1.165) is 18.2 Å². The van der Waals surface area contributed by atoms with Gasteiger partial charge in [-0.15, -0.1) is 0 Å². The van der Waals surface area contributed by atoms with Crippen LogP contribution in [0.5, 0.6) is 0 Å². The fourth-order valence-corrected chi connectivity index (χ4v) is 5.85. The van der Waals surface area contributed by atoms with Gasteiger partial charge in [0.2, 0.25) is 15.9 Å².